The van der Waals surface area contributed by atoms with Gasteiger partial charge < -0.3 is 23.4 Å². The maximum Gasteiger partial charge on any atom is 0.192 e. The number of nitrogens with zero attached hydrogens (tertiary/aromatic N) is 1. The van der Waals surface area contributed by atoms with Crippen molar-refractivity contribution in [3.8, 4) is 6.07 Å². The van der Waals surface area contributed by atoms with Crippen LogP contribution in [0, 0.1) is 11.3 Å². The van der Waals surface area contributed by atoms with E-state index in [2.05, 4.69) is 83.3 Å². The fourth-order valence-electron chi connectivity index (χ4n) is 5.34. The minimum Gasteiger partial charge on any atom is -0.408 e. The maximum absolute atomic E-state index is 9.95. The summed E-state index contributed by atoms with van der Waals surface area (Å²) in [6, 6.07) is 32.8. The predicted molar refractivity (Wildman–Crippen MR) is 176 cm³/mol. The van der Waals surface area contributed by atoms with Crippen LogP contribution in [-0.2, 0) is 43.2 Å². The summed E-state index contributed by atoms with van der Waals surface area (Å²) in [7, 11) is -2.29. The highest BCUT2D eigenvalue weighted by molar-refractivity contribution is 6.74. The highest BCUT2D eigenvalue weighted by atomic mass is 28.4. The van der Waals surface area contributed by atoms with Crippen LogP contribution in [0.25, 0.3) is 0 Å². The fraction of sp³-hybridized carbons (Fsp3) is 0.486. The molecule has 236 valence electrons. The van der Waals surface area contributed by atoms with Gasteiger partial charge in [-0.3, -0.25) is 0 Å². The lowest BCUT2D eigenvalue weighted by molar-refractivity contribution is -0.287. The van der Waals surface area contributed by atoms with Crippen LogP contribution in [0.3, 0.4) is 0 Å². The minimum atomic E-state index is -2.29. The molecule has 44 heavy (non-hydrogen) atoms. The first-order chi connectivity index (χ1) is 21.0. The summed E-state index contributed by atoms with van der Waals surface area (Å²) in [5.41, 5.74) is 2.46. The summed E-state index contributed by atoms with van der Waals surface area (Å²) in [6.45, 7) is 15.0. The normalized spacial score (nSPS) is 24.1. The lowest BCUT2D eigenvalue weighted by atomic mass is 9.82. The fourth-order valence-corrected chi connectivity index (χ4v) is 6.66. The second-order valence-corrected chi connectivity index (χ2v) is 18.2. The van der Waals surface area contributed by atoms with Crippen molar-refractivity contribution < 1.29 is 23.4 Å². The van der Waals surface area contributed by atoms with Crippen LogP contribution in [0.1, 0.15) is 57.2 Å². The topological polar surface area (TPSA) is 69.9 Å². The van der Waals surface area contributed by atoms with Crippen molar-refractivity contribution in [2.75, 3.05) is 6.61 Å². The Balaban J connectivity index is 1.67. The van der Waals surface area contributed by atoms with Gasteiger partial charge in [0.15, 0.2) is 8.32 Å². The smallest absolute Gasteiger partial charge is 0.192 e. The van der Waals surface area contributed by atoms with E-state index < -0.39 is 38.3 Å². The third kappa shape index (κ3) is 9.10. The average molecular weight is 616 g/mol. The number of nitriles is 1. The molecule has 6 nitrogen and oxygen atoms in total. The maximum atomic E-state index is 9.95. The molecule has 0 N–H and O–H groups in total. The molecule has 0 radical (unpaired) electrons. The molecule has 1 fully saturated rings. The second-order valence-electron chi connectivity index (χ2n) is 13.4. The molecule has 5 atom stereocenters. The zero-order valence-corrected chi connectivity index (χ0v) is 28.2. The molecular formula is C37H49NO5Si. The van der Waals surface area contributed by atoms with Gasteiger partial charge in [-0.2, -0.15) is 5.26 Å². The van der Waals surface area contributed by atoms with Crippen LogP contribution in [0.4, 0.5) is 0 Å². The molecule has 0 spiro atoms. The Morgan fingerprint density at radius 1 is 0.773 bits per heavy atom. The Labute approximate surface area is 265 Å². The van der Waals surface area contributed by atoms with Gasteiger partial charge in [-0.15, -0.1) is 0 Å². The highest BCUT2D eigenvalue weighted by Gasteiger charge is 2.56. The number of benzene rings is 3. The van der Waals surface area contributed by atoms with Crippen LogP contribution >= 0.6 is 0 Å². The number of rotatable bonds is 14. The molecule has 0 aromatic heterocycles. The van der Waals surface area contributed by atoms with Gasteiger partial charge in [-0.25, -0.2) is 0 Å². The van der Waals surface area contributed by atoms with Crippen molar-refractivity contribution in [1.29, 1.82) is 5.26 Å². The lowest BCUT2D eigenvalue weighted by Gasteiger charge is -2.54. The predicted octanol–water partition coefficient (Wildman–Crippen LogP) is 8.23. The van der Waals surface area contributed by atoms with Crippen molar-refractivity contribution in [1.82, 2.24) is 0 Å². The zero-order chi connectivity index (χ0) is 31.6. The molecule has 1 heterocycles. The van der Waals surface area contributed by atoms with Crippen LogP contribution in [0.5, 0.6) is 0 Å². The van der Waals surface area contributed by atoms with E-state index in [0.29, 0.717) is 32.8 Å². The van der Waals surface area contributed by atoms with Crippen molar-refractivity contribution >= 4 is 8.32 Å². The van der Waals surface area contributed by atoms with Crippen molar-refractivity contribution in [3.63, 3.8) is 0 Å². The molecule has 0 saturated carbocycles. The van der Waals surface area contributed by atoms with E-state index >= 15 is 0 Å². The molecule has 0 amide bonds. The van der Waals surface area contributed by atoms with Gasteiger partial charge in [-0.1, -0.05) is 112 Å². The first-order valence-corrected chi connectivity index (χ1v) is 18.6. The molecule has 3 aromatic rings. The van der Waals surface area contributed by atoms with Crippen molar-refractivity contribution in [3.05, 3.63) is 108 Å². The first-order valence-electron chi connectivity index (χ1n) is 15.7. The van der Waals surface area contributed by atoms with Crippen LogP contribution in [0.2, 0.25) is 18.1 Å². The van der Waals surface area contributed by atoms with Crippen LogP contribution in [-0.4, -0.2) is 44.9 Å². The third-order valence-corrected chi connectivity index (χ3v) is 13.4. The van der Waals surface area contributed by atoms with Gasteiger partial charge >= 0.3 is 0 Å². The summed E-state index contributed by atoms with van der Waals surface area (Å²) in [4.78, 5) is 0. The van der Waals surface area contributed by atoms with E-state index in [1.54, 1.807) is 0 Å². The molecule has 1 saturated heterocycles. The Bertz CT molecular complexity index is 1310. The third-order valence-electron chi connectivity index (χ3n) is 8.95. The lowest BCUT2D eigenvalue weighted by Crippen LogP contribution is -2.67. The summed E-state index contributed by atoms with van der Waals surface area (Å²) in [6.07, 6.45) is -1.14. The molecule has 1 aliphatic rings. The Morgan fingerprint density at radius 3 is 1.77 bits per heavy atom. The van der Waals surface area contributed by atoms with Crippen molar-refractivity contribution in [2.45, 2.75) is 109 Å². The van der Waals surface area contributed by atoms with Gasteiger partial charge in [0.1, 0.15) is 18.3 Å². The van der Waals surface area contributed by atoms with Crippen LogP contribution < -0.4 is 0 Å². The molecule has 0 aliphatic carbocycles. The molecule has 3 aromatic carbocycles. The van der Waals surface area contributed by atoms with Crippen molar-refractivity contribution in [2.24, 2.45) is 0 Å². The Morgan fingerprint density at radius 2 is 1.27 bits per heavy atom. The molecule has 1 aliphatic heterocycles. The number of hydrogen-bond donors (Lipinski definition) is 0. The summed E-state index contributed by atoms with van der Waals surface area (Å²) in [5, 5.41) is 9.90. The summed E-state index contributed by atoms with van der Waals surface area (Å²) < 4.78 is 33.8. The standard InChI is InChI=1S/C37H49NO5Si/c1-36(2,3)44(5,6)43-33-32(22-24-38)42-37(4,23-25-39-26-29-16-10-7-11-17-29)35(41-28-31-20-14-9-15-21-31)34(33)40-27-30-18-12-8-13-19-30/h7-21,32-35H,22-23,25-28H2,1-6H3/t32-,33-,34-,35-,37+/m1/s1. The van der Waals surface area contributed by atoms with E-state index in [0.717, 1.165) is 16.7 Å². The van der Waals surface area contributed by atoms with Gasteiger partial charge in [0.25, 0.3) is 0 Å². The molecule has 7 heteroatoms. The number of hydrogen-bond acceptors (Lipinski definition) is 6. The largest absolute Gasteiger partial charge is 0.408 e. The van der Waals surface area contributed by atoms with Gasteiger partial charge in [-0.05, 0) is 41.7 Å². The van der Waals surface area contributed by atoms with Crippen LogP contribution in [0.15, 0.2) is 91.0 Å². The Hall–Kier alpha value is -2.83. The molecule has 0 bridgehead atoms. The van der Waals surface area contributed by atoms with E-state index in [-0.39, 0.29) is 11.5 Å². The summed E-state index contributed by atoms with van der Waals surface area (Å²) in [5.74, 6) is 0. The minimum absolute atomic E-state index is 0.0411. The van der Waals surface area contributed by atoms with E-state index in [4.69, 9.17) is 23.4 Å². The molecule has 4 rings (SSSR count). The second kappa shape index (κ2) is 15.4. The highest BCUT2D eigenvalue weighted by Crippen LogP contribution is 2.44. The average Bonchev–Trinajstić information content (AvgIpc) is 3.00. The zero-order valence-electron chi connectivity index (χ0n) is 27.2. The monoisotopic (exact) mass is 615 g/mol. The van der Waals surface area contributed by atoms with Gasteiger partial charge in [0, 0.05) is 13.0 Å². The van der Waals surface area contributed by atoms with E-state index in [1.165, 1.54) is 0 Å². The first kappa shape index (κ1) is 34.0. The molecular weight excluding hydrogens is 566 g/mol. The molecule has 0 unspecified atom stereocenters. The Kier molecular flexibility index (Phi) is 11.9. The SMILES string of the molecule is CC(C)(C)[Si](C)(C)O[C@H]1[C@@H](OCc2ccccc2)[C@@H](OCc2ccccc2)[C@](C)(CCOCc2ccccc2)O[C@@H]1CC#N. The summed E-state index contributed by atoms with van der Waals surface area (Å²) >= 11 is 0. The van der Waals surface area contributed by atoms with Gasteiger partial charge in [0.05, 0.1) is 44.0 Å². The van der Waals surface area contributed by atoms with Gasteiger partial charge in [0.2, 0.25) is 0 Å². The van der Waals surface area contributed by atoms with E-state index in [1.807, 2.05) is 54.6 Å². The quantitative estimate of drug-likeness (QED) is 0.134. The van der Waals surface area contributed by atoms with E-state index in [9.17, 15) is 5.26 Å². The number of ether oxygens (including phenoxy) is 4.